The van der Waals surface area contributed by atoms with E-state index < -0.39 is 0 Å². The summed E-state index contributed by atoms with van der Waals surface area (Å²) in [6, 6.07) is 6.91. The van der Waals surface area contributed by atoms with Crippen LogP contribution in [0.25, 0.3) is 11.4 Å². The topological polar surface area (TPSA) is 50.6 Å². The Kier molecular flexibility index (Phi) is 5.04. The summed E-state index contributed by atoms with van der Waals surface area (Å²) in [5.41, 5.74) is 2.34. The van der Waals surface area contributed by atoms with Crippen LogP contribution in [-0.2, 0) is 17.9 Å². The van der Waals surface area contributed by atoms with Gasteiger partial charge in [-0.1, -0.05) is 0 Å². The molecule has 3 aliphatic rings. The van der Waals surface area contributed by atoms with Crippen molar-refractivity contribution in [3.63, 3.8) is 0 Å². The SMILES string of the molecule is COc1ccc(-c2nccn2CC2CC(=O)N(C3CC3)C2)cc1CN1CCCC1. The Hall–Kier alpha value is -2.34. The number of ether oxygens (including phenoxy) is 1. The average Bonchev–Trinajstić information content (AvgIpc) is 3.09. The molecule has 1 aromatic heterocycles. The molecule has 1 unspecified atom stereocenters. The molecule has 1 amide bonds. The van der Waals surface area contributed by atoms with Crippen molar-refractivity contribution in [3.8, 4) is 17.1 Å². The van der Waals surface area contributed by atoms with Crippen LogP contribution in [-0.4, -0.2) is 58.0 Å². The van der Waals surface area contributed by atoms with E-state index in [4.69, 9.17) is 4.74 Å². The number of aromatic nitrogens is 2. The quantitative estimate of drug-likeness (QED) is 0.724. The predicted octanol–water partition coefficient (Wildman–Crippen LogP) is 3.17. The molecule has 1 aromatic carbocycles. The third-order valence-electron chi connectivity index (χ3n) is 6.53. The molecule has 1 saturated carbocycles. The molecule has 6 heteroatoms. The predicted molar refractivity (Wildman–Crippen MR) is 112 cm³/mol. The maximum absolute atomic E-state index is 12.3. The van der Waals surface area contributed by atoms with Gasteiger partial charge in [0.2, 0.25) is 5.91 Å². The largest absolute Gasteiger partial charge is 0.496 e. The molecule has 0 N–H and O–H groups in total. The van der Waals surface area contributed by atoms with Crippen molar-refractivity contribution in [1.82, 2.24) is 19.4 Å². The van der Waals surface area contributed by atoms with Crippen molar-refractivity contribution in [2.75, 3.05) is 26.7 Å². The van der Waals surface area contributed by atoms with Gasteiger partial charge in [0.15, 0.2) is 0 Å². The number of imidazole rings is 1. The first-order chi connectivity index (χ1) is 14.2. The Morgan fingerprint density at radius 1 is 1.21 bits per heavy atom. The molecule has 154 valence electrons. The van der Waals surface area contributed by atoms with Crippen LogP contribution >= 0.6 is 0 Å². The average molecular weight is 395 g/mol. The van der Waals surface area contributed by atoms with E-state index in [1.165, 1.54) is 31.2 Å². The Balaban J connectivity index is 1.35. The third kappa shape index (κ3) is 3.90. The first kappa shape index (κ1) is 18.7. The van der Waals surface area contributed by atoms with E-state index >= 15 is 0 Å². The Morgan fingerprint density at radius 3 is 2.79 bits per heavy atom. The van der Waals surface area contributed by atoms with Gasteiger partial charge < -0.3 is 14.2 Å². The Morgan fingerprint density at radius 2 is 2.03 bits per heavy atom. The smallest absolute Gasteiger partial charge is 0.223 e. The second-order valence-electron chi connectivity index (χ2n) is 8.76. The first-order valence-corrected chi connectivity index (χ1v) is 10.9. The van der Waals surface area contributed by atoms with Gasteiger partial charge in [-0.15, -0.1) is 0 Å². The number of methoxy groups -OCH3 is 1. The van der Waals surface area contributed by atoms with Crippen LogP contribution in [0.4, 0.5) is 0 Å². The number of likely N-dealkylation sites (tertiary alicyclic amines) is 2. The van der Waals surface area contributed by atoms with Crippen molar-refractivity contribution >= 4 is 5.91 Å². The van der Waals surface area contributed by atoms with E-state index in [9.17, 15) is 4.79 Å². The number of benzene rings is 1. The summed E-state index contributed by atoms with van der Waals surface area (Å²) in [5, 5.41) is 0. The normalized spacial score (nSPS) is 22.6. The molecule has 0 spiro atoms. The maximum atomic E-state index is 12.3. The lowest BCUT2D eigenvalue weighted by Gasteiger charge is -2.19. The minimum Gasteiger partial charge on any atom is -0.496 e. The summed E-state index contributed by atoms with van der Waals surface area (Å²) in [4.78, 5) is 21.6. The fourth-order valence-corrected chi connectivity index (χ4v) is 4.89. The van der Waals surface area contributed by atoms with Gasteiger partial charge in [-0.3, -0.25) is 9.69 Å². The molecule has 2 saturated heterocycles. The number of nitrogens with zero attached hydrogens (tertiary/aromatic N) is 4. The molecular weight excluding hydrogens is 364 g/mol. The molecule has 2 aliphatic heterocycles. The lowest BCUT2D eigenvalue weighted by atomic mass is 10.1. The number of carbonyl (C=O) groups excluding carboxylic acids is 1. The second-order valence-corrected chi connectivity index (χ2v) is 8.76. The van der Waals surface area contributed by atoms with E-state index in [0.717, 1.165) is 49.9 Å². The van der Waals surface area contributed by atoms with Gasteiger partial charge in [-0.25, -0.2) is 4.98 Å². The van der Waals surface area contributed by atoms with Gasteiger partial charge >= 0.3 is 0 Å². The highest BCUT2D eigenvalue weighted by Gasteiger charge is 2.39. The van der Waals surface area contributed by atoms with Crippen molar-refractivity contribution in [3.05, 3.63) is 36.2 Å². The van der Waals surface area contributed by atoms with Crippen LogP contribution in [0.2, 0.25) is 0 Å². The number of carbonyl (C=O) groups is 1. The number of amides is 1. The number of rotatable bonds is 7. The van der Waals surface area contributed by atoms with Gasteiger partial charge in [0, 0.05) is 61.5 Å². The summed E-state index contributed by atoms with van der Waals surface area (Å²) in [6.07, 6.45) is 9.51. The van der Waals surface area contributed by atoms with Crippen LogP contribution in [0, 0.1) is 5.92 Å². The molecular formula is C23H30N4O2. The van der Waals surface area contributed by atoms with Crippen LogP contribution in [0.15, 0.2) is 30.6 Å². The lowest BCUT2D eigenvalue weighted by Crippen LogP contribution is -2.27. The van der Waals surface area contributed by atoms with Gasteiger partial charge in [-0.2, -0.15) is 0 Å². The van der Waals surface area contributed by atoms with Gasteiger partial charge in [0.25, 0.3) is 0 Å². The fraction of sp³-hybridized carbons (Fsp3) is 0.565. The standard InChI is InChI=1S/C23H30N4O2/c1-29-21-7-4-18(13-19(21)16-25-9-2-3-10-25)23-24-8-11-26(23)14-17-12-22(28)27(15-17)20-5-6-20/h4,7-8,11,13,17,20H,2-3,5-6,9-10,12,14-16H2,1H3. The molecule has 2 aromatic rings. The molecule has 0 bridgehead atoms. The van der Waals surface area contributed by atoms with Crippen molar-refractivity contribution < 1.29 is 9.53 Å². The lowest BCUT2D eigenvalue weighted by molar-refractivity contribution is -0.128. The minimum absolute atomic E-state index is 0.330. The zero-order valence-corrected chi connectivity index (χ0v) is 17.2. The first-order valence-electron chi connectivity index (χ1n) is 10.9. The summed E-state index contributed by atoms with van der Waals surface area (Å²) in [5.74, 6) is 2.63. The number of hydrogen-bond acceptors (Lipinski definition) is 4. The molecule has 0 radical (unpaired) electrons. The van der Waals surface area contributed by atoms with Crippen LogP contribution < -0.4 is 4.74 Å². The zero-order chi connectivity index (χ0) is 19.8. The molecule has 6 nitrogen and oxygen atoms in total. The Labute approximate surface area is 172 Å². The van der Waals surface area contributed by atoms with Crippen molar-refractivity contribution in [2.24, 2.45) is 5.92 Å². The van der Waals surface area contributed by atoms with E-state index in [-0.39, 0.29) is 0 Å². The van der Waals surface area contributed by atoms with Gasteiger partial charge in [-0.05, 0) is 57.0 Å². The summed E-state index contributed by atoms with van der Waals surface area (Å²) in [7, 11) is 1.74. The highest BCUT2D eigenvalue weighted by atomic mass is 16.5. The van der Waals surface area contributed by atoms with Gasteiger partial charge in [0.1, 0.15) is 11.6 Å². The van der Waals surface area contributed by atoms with Crippen LogP contribution in [0.5, 0.6) is 5.75 Å². The Bertz CT molecular complexity index is 883. The zero-order valence-electron chi connectivity index (χ0n) is 17.2. The molecule has 1 atom stereocenters. The third-order valence-corrected chi connectivity index (χ3v) is 6.53. The summed E-state index contributed by atoms with van der Waals surface area (Å²) >= 11 is 0. The highest BCUT2D eigenvalue weighted by Crippen LogP contribution is 2.34. The number of hydrogen-bond donors (Lipinski definition) is 0. The minimum atomic E-state index is 0.330. The molecule has 1 aliphatic carbocycles. The second kappa shape index (κ2) is 7.82. The van der Waals surface area contributed by atoms with E-state index in [2.05, 4.69) is 37.5 Å². The van der Waals surface area contributed by atoms with Crippen LogP contribution in [0.3, 0.4) is 0 Å². The highest BCUT2D eigenvalue weighted by molar-refractivity contribution is 5.79. The molecule has 3 heterocycles. The van der Waals surface area contributed by atoms with E-state index in [0.29, 0.717) is 24.3 Å². The fourth-order valence-electron chi connectivity index (χ4n) is 4.89. The summed E-state index contributed by atoms with van der Waals surface area (Å²) in [6.45, 7) is 4.98. The molecule has 5 rings (SSSR count). The summed E-state index contributed by atoms with van der Waals surface area (Å²) < 4.78 is 7.84. The maximum Gasteiger partial charge on any atom is 0.223 e. The van der Waals surface area contributed by atoms with Crippen molar-refractivity contribution in [1.29, 1.82) is 0 Å². The van der Waals surface area contributed by atoms with Gasteiger partial charge in [0.05, 0.1) is 7.11 Å². The van der Waals surface area contributed by atoms with Crippen LogP contribution in [0.1, 0.15) is 37.7 Å². The molecule has 29 heavy (non-hydrogen) atoms. The molecule has 3 fully saturated rings. The van der Waals surface area contributed by atoms with Crippen molar-refractivity contribution in [2.45, 2.75) is 51.2 Å². The van der Waals surface area contributed by atoms with E-state index in [1.807, 2.05) is 12.4 Å². The monoisotopic (exact) mass is 394 g/mol. The van der Waals surface area contributed by atoms with E-state index in [1.54, 1.807) is 7.11 Å².